The molecule has 0 aliphatic carbocycles. The number of carbonyl (C=O) groups excluding carboxylic acids is 2. The van der Waals surface area contributed by atoms with Crippen LogP contribution in [0.15, 0.2) is 48.8 Å². The van der Waals surface area contributed by atoms with Crippen LogP contribution >= 0.6 is 0 Å². The van der Waals surface area contributed by atoms with Crippen molar-refractivity contribution in [2.75, 3.05) is 47.0 Å². The van der Waals surface area contributed by atoms with Crippen molar-refractivity contribution in [2.45, 2.75) is 44.7 Å². The summed E-state index contributed by atoms with van der Waals surface area (Å²) in [6, 6.07) is 13.1. The molecule has 2 aromatic carbocycles. The number of carbonyl (C=O) groups is 2. The Hall–Kier alpha value is -4.07. The molecule has 13 nitrogen and oxygen atoms in total. The van der Waals surface area contributed by atoms with Crippen LogP contribution in [0.5, 0.6) is 17.2 Å². The Morgan fingerprint density at radius 2 is 2.05 bits per heavy atom. The summed E-state index contributed by atoms with van der Waals surface area (Å²) in [5.74, 6) is 1.63. The van der Waals surface area contributed by atoms with E-state index in [0.29, 0.717) is 63.1 Å². The minimum absolute atomic E-state index is 0.0309. The van der Waals surface area contributed by atoms with Gasteiger partial charge in [-0.05, 0) is 58.7 Å². The van der Waals surface area contributed by atoms with Gasteiger partial charge in [-0.2, -0.15) is 0 Å². The average molecular weight is 580 g/mol. The third-order valence-corrected chi connectivity index (χ3v) is 7.35. The zero-order chi connectivity index (χ0) is 29.3. The number of tetrazole rings is 1. The smallest absolute Gasteiger partial charge is 0.244 e. The van der Waals surface area contributed by atoms with E-state index in [4.69, 9.17) is 18.9 Å². The van der Waals surface area contributed by atoms with Gasteiger partial charge < -0.3 is 29.2 Å². The van der Waals surface area contributed by atoms with Crippen LogP contribution < -0.4 is 14.8 Å². The molecule has 2 aliphatic rings. The highest BCUT2D eigenvalue weighted by Crippen LogP contribution is 2.33. The minimum Gasteiger partial charge on any atom is -0.493 e. The molecule has 4 bridgehead atoms. The second-order valence-corrected chi connectivity index (χ2v) is 10.5. The third kappa shape index (κ3) is 7.81. The Labute approximate surface area is 244 Å². The molecule has 0 unspecified atom stereocenters. The zero-order valence-corrected chi connectivity index (χ0v) is 24.0. The van der Waals surface area contributed by atoms with E-state index in [2.05, 4.69) is 25.7 Å². The van der Waals surface area contributed by atoms with Gasteiger partial charge in [-0.1, -0.05) is 18.2 Å². The number of amides is 2. The van der Waals surface area contributed by atoms with Crippen molar-refractivity contribution in [1.29, 1.82) is 0 Å². The summed E-state index contributed by atoms with van der Waals surface area (Å²) in [6.07, 6.45) is 2.47. The molecule has 1 saturated heterocycles. The monoisotopic (exact) mass is 579 g/mol. The maximum absolute atomic E-state index is 13.5. The summed E-state index contributed by atoms with van der Waals surface area (Å²) >= 11 is 0. The van der Waals surface area contributed by atoms with Gasteiger partial charge in [-0.25, -0.2) is 4.68 Å². The van der Waals surface area contributed by atoms with Crippen LogP contribution in [0.1, 0.15) is 24.0 Å². The number of fused-ring (bicyclic) bond motifs is 5. The molecule has 0 spiro atoms. The lowest BCUT2D eigenvalue weighted by Crippen LogP contribution is -2.58. The molecule has 42 heavy (non-hydrogen) atoms. The number of nitrogens with zero attached hydrogens (tertiary/aromatic N) is 6. The quantitative estimate of drug-likeness (QED) is 0.412. The van der Waals surface area contributed by atoms with Crippen LogP contribution in [-0.2, 0) is 38.8 Å². The van der Waals surface area contributed by atoms with Crippen molar-refractivity contribution < 1.29 is 28.5 Å². The van der Waals surface area contributed by atoms with Crippen molar-refractivity contribution in [3.05, 3.63) is 59.9 Å². The summed E-state index contributed by atoms with van der Waals surface area (Å²) in [5, 5.41) is 14.2. The first-order valence-corrected chi connectivity index (χ1v) is 14.0. The highest BCUT2D eigenvalue weighted by Gasteiger charge is 2.34. The molecule has 3 heterocycles. The van der Waals surface area contributed by atoms with Crippen LogP contribution in [0.3, 0.4) is 0 Å². The fourth-order valence-electron chi connectivity index (χ4n) is 5.27. The van der Waals surface area contributed by atoms with Crippen molar-refractivity contribution in [3.63, 3.8) is 0 Å². The Balaban J connectivity index is 1.39. The molecular formula is C29H37N7O6. The maximum atomic E-state index is 13.5. The van der Waals surface area contributed by atoms with Crippen LogP contribution in [0.4, 0.5) is 0 Å². The average Bonchev–Trinajstić information content (AvgIpc) is 3.49. The van der Waals surface area contributed by atoms with E-state index < -0.39 is 0 Å². The fraction of sp³-hybridized carbons (Fsp3) is 0.483. The van der Waals surface area contributed by atoms with Gasteiger partial charge in [-0.3, -0.25) is 14.5 Å². The van der Waals surface area contributed by atoms with E-state index in [-0.39, 0.29) is 37.0 Å². The molecule has 2 amide bonds. The first-order valence-electron chi connectivity index (χ1n) is 14.0. The molecular weight excluding hydrogens is 542 g/mol. The lowest BCUT2D eigenvalue weighted by molar-refractivity contribution is -0.138. The number of nitrogens with one attached hydrogen (secondary N) is 1. The van der Waals surface area contributed by atoms with Gasteiger partial charge in [0.2, 0.25) is 11.8 Å². The Bertz CT molecular complexity index is 1340. The third-order valence-electron chi connectivity index (χ3n) is 7.35. The van der Waals surface area contributed by atoms with Crippen molar-refractivity contribution in [1.82, 2.24) is 35.3 Å². The van der Waals surface area contributed by atoms with Gasteiger partial charge >= 0.3 is 0 Å². The number of ether oxygens (including phenoxy) is 4. The maximum Gasteiger partial charge on any atom is 0.244 e. The summed E-state index contributed by atoms with van der Waals surface area (Å²) in [6.45, 7) is 3.13. The number of methoxy groups -OCH3 is 2. The lowest BCUT2D eigenvalue weighted by atomic mass is 10.0. The van der Waals surface area contributed by atoms with Gasteiger partial charge in [0.1, 0.15) is 18.6 Å². The minimum atomic E-state index is -0.384. The van der Waals surface area contributed by atoms with Crippen LogP contribution in [0.25, 0.3) is 0 Å². The summed E-state index contributed by atoms with van der Waals surface area (Å²) in [4.78, 5) is 30.3. The van der Waals surface area contributed by atoms with E-state index in [1.54, 1.807) is 19.1 Å². The van der Waals surface area contributed by atoms with E-state index in [0.717, 1.165) is 17.5 Å². The second kappa shape index (κ2) is 14.2. The standard InChI is InChI=1S/C29H37N7O6/c1-39-12-4-10-34-15-21-7-8-26(40-2)27(14-21)42-23-6-3-5-22(13-23)19-41-25-9-11-35(16-24(25)31-28(37)17-34)29(38)18-36-20-30-32-33-36/h3,5-8,13-14,20,24-25H,4,9-12,15-19H2,1-2H3,(H,31,37)/t24-,25+/m0/s1. The number of rotatable bonds is 7. The number of likely N-dealkylation sites (tertiary alicyclic amines) is 1. The summed E-state index contributed by atoms with van der Waals surface area (Å²) < 4.78 is 24.8. The van der Waals surface area contributed by atoms with E-state index in [9.17, 15) is 9.59 Å². The van der Waals surface area contributed by atoms with Crippen molar-refractivity contribution in [3.8, 4) is 17.2 Å². The lowest BCUT2D eigenvalue weighted by Gasteiger charge is -2.39. The number of aromatic nitrogens is 4. The van der Waals surface area contributed by atoms with E-state index >= 15 is 0 Å². The molecule has 224 valence electrons. The second-order valence-electron chi connectivity index (χ2n) is 10.5. The first-order chi connectivity index (χ1) is 20.5. The van der Waals surface area contributed by atoms with Crippen LogP contribution in [0, 0.1) is 0 Å². The first kappa shape index (κ1) is 29.4. The normalized spacial score (nSPS) is 19.9. The molecule has 1 aromatic heterocycles. The van der Waals surface area contributed by atoms with Gasteiger partial charge in [0.05, 0.1) is 32.4 Å². The van der Waals surface area contributed by atoms with Crippen LogP contribution in [-0.4, -0.2) is 101 Å². The number of hydrogen-bond acceptors (Lipinski definition) is 10. The molecule has 1 fully saturated rings. The van der Waals surface area contributed by atoms with Gasteiger partial charge in [0.15, 0.2) is 11.5 Å². The number of piperidine rings is 1. The molecule has 2 aliphatic heterocycles. The molecule has 3 aromatic rings. The summed E-state index contributed by atoms with van der Waals surface area (Å²) in [7, 11) is 3.28. The SMILES string of the molecule is COCCCN1CC(=O)N[C@H]2CN(C(=O)Cn3cnnn3)CC[C@H]2OCc2cccc(c2)Oc2cc(ccc2OC)C1. The largest absolute Gasteiger partial charge is 0.493 e. The Morgan fingerprint density at radius 1 is 1.14 bits per heavy atom. The molecule has 1 N–H and O–H groups in total. The molecule has 13 heteroatoms. The Kier molecular flexibility index (Phi) is 9.95. The van der Waals surface area contributed by atoms with Crippen molar-refractivity contribution >= 4 is 11.8 Å². The molecule has 0 saturated carbocycles. The zero-order valence-electron chi connectivity index (χ0n) is 24.0. The highest BCUT2D eigenvalue weighted by atomic mass is 16.5. The van der Waals surface area contributed by atoms with Gasteiger partial charge in [0, 0.05) is 39.9 Å². The van der Waals surface area contributed by atoms with Crippen LogP contribution in [0.2, 0.25) is 0 Å². The fourth-order valence-corrected chi connectivity index (χ4v) is 5.27. The van der Waals surface area contributed by atoms with Crippen molar-refractivity contribution in [2.24, 2.45) is 0 Å². The molecule has 2 atom stereocenters. The van der Waals surface area contributed by atoms with Gasteiger partial charge in [0.25, 0.3) is 0 Å². The summed E-state index contributed by atoms with van der Waals surface area (Å²) in [5.41, 5.74) is 1.92. The topological polar surface area (TPSA) is 133 Å². The highest BCUT2D eigenvalue weighted by molar-refractivity contribution is 5.79. The number of benzene rings is 2. The predicted octanol–water partition coefficient (Wildman–Crippen LogP) is 1.63. The molecule has 5 rings (SSSR count). The number of hydrogen-bond donors (Lipinski definition) is 1. The van der Waals surface area contributed by atoms with Gasteiger partial charge in [-0.15, -0.1) is 5.10 Å². The van der Waals surface area contributed by atoms with E-state index in [1.165, 1.54) is 11.0 Å². The molecule has 0 radical (unpaired) electrons. The van der Waals surface area contributed by atoms with E-state index in [1.807, 2.05) is 42.5 Å². The Morgan fingerprint density at radius 3 is 2.86 bits per heavy atom. The predicted molar refractivity (Wildman–Crippen MR) is 151 cm³/mol.